The third kappa shape index (κ3) is 3.25. The van der Waals surface area contributed by atoms with Crippen LogP contribution in [0.4, 0.5) is 13.2 Å². The molecule has 116 valence electrons. The van der Waals surface area contributed by atoms with Gasteiger partial charge in [-0.25, -0.2) is 9.59 Å². The van der Waals surface area contributed by atoms with Crippen molar-refractivity contribution < 1.29 is 32.6 Å². The van der Waals surface area contributed by atoms with Crippen molar-refractivity contribution in [2.45, 2.75) is 6.18 Å². The topological polar surface area (TPSA) is 81.4 Å². The molecule has 0 radical (unpaired) electrons. The number of carbonyl (C=O) groups excluding carboxylic acids is 1. The first-order valence-electron chi connectivity index (χ1n) is 5.85. The third-order valence-electron chi connectivity index (χ3n) is 2.68. The Labute approximate surface area is 121 Å². The fourth-order valence-electron chi connectivity index (χ4n) is 1.66. The molecule has 6 nitrogen and oxygen atoms in total. The lowest BCUT2D eigenvalue weighted by Crippen LogP contribution is -2.14. The van der Waals surface area contributed by atoms with Crippen LogP contribution in [0.1, 0.15) is 26.5 Å². The zero-order chi connectivity index (χ0) is 16.5. The SMILES string of the molecule is Cn1nc(C(=O)O)cc1C(=O)Oc1cccc(C(F)(F)F)c1. The number of halogens is 3. The van der Waals surface area contributed by atoms with Crippen molar-refractivity contribution in [3.05, 3.63) is 47.3 Å². The summed E-state index contributed by atoms with van der Waals surface area (Å²) in [4.78, 5) is 22.6. The van der Waals surface area contributed by atoms with Gasteiger partial charge in [-0.2, -0.15) is 18.3 Å². The molecule has 0 unspecified atom stereocenters. The average molecular weight is 314 g/mol. The molecular weight excluding hydrogens is 305 g/mol. The highest BCUT2D eigenvalue weighted by Crippen LogP contribution is 2.31. The van der Waals surface area contributed by atoms with Crippen LogP contribution in [0.2, 0.25) is 0 Å². The summed E-state index contributed by atoms with van der Waals surface area (Å²) in [5, 5.41) is 12.3. The number of esters is 1. The standard InChI is InChI=1S/C13H9F3N2O4/c1-18-10(6-9(17-18)11(19)20)12(21)22-8-4-2-3-7(5-8)13(14,15)16/h2-6H,1H3,(H,19,20). The molecule has 0 amide bonds. The van der Waals surface area contributed by atoms with Crippen molar-refractivity contribution in [2.24, 2.45) is 7.05 Å². The lowest BCUT2D eigenvalue weighted by Gasteiger charge is -2.09. The van der Waals surface area contributed by atoms with Crippen molar-refractivity contribution in [1.29, 1.82) is 0 Å². The fraction of sp³-hybridized carbons (Fsp3) is 0.154. The molecule has 1 N–H and O–H groups in total. The third-order valence-corrected chi connectivity index (χ3v) is 2.68. The van der Waals surface area contributed by atoms with E-state index >= 15 is 0 Å². The molecule has 1 heterocycles. The first kappa shape index (κ1) is 15.5. The molecule has 0 fully saturated rings. The Morgan fingerprint density at radius 3 is 2.50 bits per heavy atom. The maximum absolute atomic E-state index is 12.6. The van der Waals surface area contributed by atoms with Crippen molar-refractivity contribution in [3.63, 3.8) is 0 Å². The molecule has 9 heteroatoms. The van der Waals surface area contributed by atoms with Crippen molar-refractivity contribution >= 4 is 11.9 Å². The van der Waals surface area contributed by atoms with Crippen LogP contribution in [-0.2, 0) is 13.2 Å². The van der Waals surface area contributed by atoms with E-state index in [1.54, 1.807) is 0 Å². The Hall–Kier alpha value is -2.84. The van der Waals surface area contributed by atoms with Crippen LogP contribution in [0.5, 0.6) is 5.75 Å². The van der Waals surface area contributed by atoms with Crippen LogP contribution < -0.4 is 4.74 Å². The van der Waals surface area contributed by atoms with E-state index in [0.717, 1.165) is 22.9 Å². The van der Waals surface area contributed by atoms with E-state index in [9.17, 15) is 22.8 Å². The summed E-state index contributed by atoms with van der Waals surface area (Å²) >= 11 is 0. The number of hydrogen-bond acceptors (Lipinski definition) is 4. The quantitative estimate of drug-likeness (QED) is 0.695. The highest BCUT2D eigenvalue weighted by molar-refractivity contribution is 5.93. The number of hydrogen-bond donors (Lipinski definition) is 1. The van der Waals surface area contributed by atoms with Gasteiger partial charge in [0.2, 0.25) is 0 Å². The van der Waals surface area contributed by atoms with E-state index in [0.29, 0.717) is 6.07 Å². The van der Waals surface area contributed by atoms with Crippen LogP contribution >= 0.6 is 0 Å². The highest BCUT2D eigenvalue weighted by atomic mass is 19.4. The zero-order valence-corrected chi connectivity index (χ0v) is 11.1. The number of aryl methyl sites for hydroxylation is 1. The first-order chi connectivity index (χ1) is 10.2. The molecule has 0 spiro atoms. The predicted octanol–water partition coefficient (Wildman–Crippen LogP) is 2.36. The molecule has 1 aromatic carbocycles. The van der Waals surface area contributed by atoms with Gasteiger partial charge >= 0.3 is 18.1 Å². The van der Waals surface area contributed by atoms with Crippen LogP contribution in [0, 0.1) is 0 Å². The number of alkyl halides is 3. The maximum Gasteiger partial charge on any atom is 0.416 e. The molecule has 1 aromatic heterocycles. The van der Waals surface area contributed by atoms with Crippen molar-refractivity contribution in [3.8, 4) is 5.75 Å². The Morgan fingerprint density at radius 2 is 1.95 bits per heavy atom. The average Bonchev–Trinajstić information content (AvgIpc) is 2.80. The number of nitrogens with zero attached hydrogens (tertiary/aromatic N) is 2. The lowest BCUT2D eigenvalue weighted by molar-refractivity contribution is -0.137. The molecule has 0 bridgehead atoms. The Bertz CT molecular complexity index is 737. The normalized spacial score (nSPS) is 11.3. The summed E-state index contributed by atoms with van der Waals surface area (Å²) in [6.45, 7) is 0. The number of benzene rings is 1. The second-order valence-corrected chi connectivity index (χ2v) is 4.26. The molecule has 0 aliphatic heterocycles. The summed E-state index contributed by atoms with van der Waals surface area (Å²) in [5.41, 5.74) is -1.54. The fourth-order valence-corrected chi connectivity index (χ4v) is 1.66. The molecule has 0 saturated heterocycles. The molecule has 22 heavy (non-hydrogen) atoms. The van der Waals surface area contributed by atoms with Gasteiger partial charge in [0.25, 0.3) is 0 Å². The zero-order valence-electron chi connectivity index (χ0n) is 11.1. The van der Waals surface area contributed by atoms with Gasteiger partial charge in [0, 0.05) is 13.1 Å². The summed E-state index contributed by atoms with van der Waals surface area (Å²) in [5.74, 6) is -2.66. The van der Waals surface area contributed by atoms with Crippen LogP contribution in [-0.4, -0.2) is 26.8 Å². The van der Waals surface area contributed by atoms with Crippen LogP contribution in [0.15, 0.2) is 30.3 Å². The maximum atomic E-state index is 12.6. The summed E-state index contributed by atoms with van der Waals surface area (Å²) in [6.07, 6.45) is -4.56. The van der Waals surface area contributed by atoms with E-state index in [2.05, 4.69) is 5.10 Å². The van der Waals surface area contributed by atoms with E-state index in [1.165, 1.54) is 13.1 Å². The van der Waals surface area contributed by atoms with Crippen LogP contribution in [0.25, 0.3) is 0 Å². The summed E-state index contributed by atoms with van der Waals surface area (Å²) in [6, 6.07) is 4.76. The number of aromatic carboxylic acids is 1. The number of carboxylic acids is 1. The van der Waals surface area contributed by atoms with E-state index in [4.69, 9.17) is 9.84 Å². The Balaban J connectivity index is 2.24. The minimum atomic E-state index is -4.56. The molecule has 0 saturated carbocycles. The minimum absolute atomic E-state index is 0.199. The second-order valence-electron chi connectivity index (χ2n) is 4.26. The summed E-state index contributed by atoms with van der Waals surface area (Å²) in [7, 11) is 1.31. The summed E-state index contributed by atoms with van der Waals surface area (Å²) < 4.78 is 43.5. The van der Waals surface area contributed by atoms with Gasteiger partial charge in [0.05, 0.1) is 5.56 Å². The molecule has 2 rings (SSSR count). The largest absolute Gasteiger partial charge is 0.476 e. The lowest BCUT2D eigenvalue weighted by atomic mass is 10.2. The molecule has 0 aliphatic rings. The van der Waals surface area contributed by atoms with Crippen LogP contribution in [0.3, 0.4) is 0 Å². The molecular formula is C13H9F3N2O4. The van der Waals surface area contributed by atoms with Gasteiger partial charge in [-0.3, -0.25) is 4.68 Å². The van der Waals surface area contributed by atoms with Gasteiger partial charge in [0.15, 0.2) is 5.69 Å². The number of carboxylic acid groups (broad SMARTS) is 1. The number of rotatable bonds is 3. The smallest absolute Gasteiger partial charge is 0.416 e. The van der Waals surface area contributed by atoms with E-state index in [1.807, 2.05) is 0 Å². The number of carbonyl (C=O) groups is 2. The van der Waals surface area contributed by atoms with Crippen molar-refractivity contribution in [1.82, 2.24) is 9.78 Å². The van der Waals surface area contributed by atoms with Gasteiger partial charge in [-0.05, 0) is 18.2 Å². The highest BCUT2D eigenvalue weighted by Gasteiger charge is 2.31. The number of ether oxygens (including phenoxy) is 1. The number of aromatic nitrogens is 2. The Kier molecular flexibility index (Phi) is 3.89. The molecule has 2 aromatic rings. The molecule has 0 aliphatic carbocycles. The van der Waals surface area contributed by atoms with Gasteiger partial charge < -0.3 is 9.84 Å². The second kappa shape index (κ2) is 5.51. The monoisotopic (exact) mass is 314 g/mol. The minimum Gasteiger partial charge on any atom is -0.476 e. The predicted molar refractivity (Wildman–Crippen MR) is 66.6 cm³/mol. The Morgan fingerprint density at radius 1 is 1.27 bits per heavy atom. The first-order valence-corrected chi connectivity index (χ1v) is 5.85. The van der Waals surface area contributed by atoms with Gasteiger partial charge in [-0.1, -0.05) is 6.07 Å². The van der Waals surface area contributed by atoms with Crippen molar-refractivity contribution in [2.75, 3.05) is 0 Å². The molecule has 0 atom stereocenters. The van der Waals surface area contributed by atoms with Gasteiger partial charge in [0.1, 0.15) is 11.4 Å². The van der Waals surface area contributed by atoms with E-state index < -0.39 is 23.7 Å². The van der Waals surface area contributed by atoms with E-state index in [-0.39, 0.29) is 17.1 Å². The van der Waals surface area contributed by atoms with Gasteiger partial charge in [-0.15, -0.1) is 0 Å².